The number of aliphatic hydroxyl groups excluding tert-OH is 2. The third-order valence-corrected chi connectivity index (χ3v) is 2.69. The van der Waals surface area contributed by atoms with Crippen molar-refractivity contribution in [2.75, 3.05) is 0 Å². The second-order valence-electron chi connectivity index (χ2n) is 3.88. The molecule has 0 aliphatic rings. The molecule has 1 aromatic rings. The zero-order valence-corrected chi connectivity index (χ0v) is 9.72. The van der Waals surface area contributed by atoms with Gasteiger partial charge in [0.05, 0.1) is 12.7 Å². The van der Waals surface area contributed by atoms with Crippen molar-refractivity contribution >= 4 is 12.6 Å². The number of carbonyl (C=O) groups is 2. The molecule has 4 heteroatoms. The SMILES string of the molecule is CCCC(O)c1cc(CO)c(C=O)cc1C=O. The highest BCUT2D eigenvalue weighted by atomic mass is 16.3. The zero-order valence-electron chi connectivity index (χ0n) is 9.72. The molecule has 1 rings (SSSR count). The minimum absolute atomic E-state index is 0.280. The van der Waals surface area contributed by atoms with E-state index in [0.717, 1.165) is 6.42 Å². The van der Waals surface area contributed by atoms with Gasteiger partial charge in [0.1, 0.15) is 12.6 Å². The van der Waals surface area contributed by atoms with Crippen molar-refractivity contribution < 1.29 is 19.8 Å². The maximum absolute atomic E-state index is 10.9. The number of rotatable bonds is 6. The molecule has 4 nitrogen and oxygen atoms in total. The summed E-state index contributed by atoms with van der Waals surface area (Å²) in [4.78, 5) is 21.7. The minimum Gasteiger partial charge on any atom is -0.392 e. The lowest BCUT2D eigenvalue weighted by atomic mass is 9.94. The van der Waals surface area contributed by atoms with Crippen molar-refractivity contribution in [2.45, 2.75) is 32.5 Å². The Kier molecular flexibility index (Phi) is 5.00. The summed E-state index contributed by atoms with van der Waals surface area (Å²) in [5, 5.41) is 19.0. The molecule has 1 atom stereocenters. The van der Waals surface area contributed by atoms with Gasteiger partial charge in [-0.05, 0) is 29.7 Å². The molecule has 0 bridgehead atoms. The largest absolute Gasteiger partial charge is 0.392 e. The first-order chi connectivity index (χ1) is 8.17. The minimum atomic E-state index is -0.744. The third-order valence-electron chi connectivity index (χ3n) is 2.69. The Morgan fingerprint density at radius 2 is 1.88 bits per heavy atom. The molecular formula is C13H16O4. The van der Waals surface area contributed by atoms with Gasteiger partial charge in [0.25, 0.3) is 0 Å². The fraction of sp³-hybridized carbons (Fsp3) is 0.385. The van der Waals surface area contributed by atoms with Crippen LogP contribution in [0.4, 0.5) is 0 Å². The molecule has 0 fully saturated rings. The monoisotopic (exact) mass is 236 g/mol. The summed E-state index contributed by atoms with van der Waals surface area (Å²) in [6, 6.07) is 2.92. The summed E-state index contributed by atoms with van der Waals surface area (Å²) >= 11 is 0. The van der Waals surface area contributed by atoms with E-state index in [9.17, 15) is 14.7 Å². The van der Waals surface area contributed by atoms with Crippen LogP contribution < -0.4 is 0 Å². The normalized spacial score (nSPS) is 12.2. The lowest BCUT2D eigenvalue weighted by molar-refractivity contribution is 0.111. The van der Waals surface area contributed by atoms with E-state index in [1.165, 1.54) is 12.1 Å². The lowest BCUT2D eigenvalue weighted by Crippen LogP contribution is -2.05. The van der Waals surface area contributed by atoms with Crippen LogP contribution >= 0.6 is 0 Å². The first-order valence-electron chi connectivity index (χ1n) is 5.54. The Bertz CT molecular complexity index is 412. The molecule has 17 heavy (non-hydrogen) atoms. The topological polar surface area (TPSA) is 74.6 Å². The van der Waals surface area contributed by atoms with E-state index in [4.69, 9.17) is 5.11 Å². The molecule has 0 spiro atoms. The Labute approximate surface area is 99.9 Å². The maximum atomic E-state index is 10.9. The summed E-state index contributed by atoms with van der Waals surface area (Å²) in [6.45, 7) is 1.63. The first-order valence-corrected chi connectivity index (χ1v) is 5.54. The van der Waals surface area contributed by atoms with Crippen LogP contribution in [0.25, 0.3) is 0 Å². The zero-order chi connectivity index (χ0) is 12.8. The van der Waals surface area contributed by atoms with E-state index in [2.05, 4.69) is 0 Å². The highest BCUT2D eigenvalue weighted by molar-refractivity contribution is 5.85. The van der Waals surface area contributed by atoms with Gasteiger partial charge in [0.15, 0.2) is 0 Å². The predicted octanol–water partition coefficient (Wildman–Crippen LogP) is 1.64. The highest BCUT2D eigenvalue weighted by Crippen LogP contribution is 2.24. The number of carbonyl (C=O) groups excluding carboxylic acids is 2. The molecule has 0 aromatic heterocycles. The molecule has 0 aliphatic heterocycles. The van der Waals surface area contributed by atoms with Gasteiger partial charge in [0.2, 0.25) is 0 Å². The van der Waals surface area contributed by atoms with Crippen LogP contribution in [-0.2, 0) is 6.61 Å². The fourth-order valence-corrected chi connectivity index (χ4v) is 1.76. The van der Waals surface area contributed by atoms with E-state index in [0.29, 0.717) is 35.7 Å². The van der Waals surface area contributed by atoms with Gasteiger partial charge in [-0.3, -0.25) is 9.59 Å². The van der Waals surface area contributed by atoms with Gasteiger partial charge >= 0.3 is 0 Å². The standard InChI is InChI=1S/C13H16O4/c1-2-3-13(17)12-5-10(7-15)9(6-14)4-11(12)8-16/h4-6,8,13,15,17H,2-3,7H2,1H3. The summed E-state index contributed by atoms with van der Waals surface area (Å²) in [7, 11) is 0. The number of hydrogen-bond donors (Lipinski definition) is 2. The van der Waals surface area contributed by atoms with Gasteiger partial charge in [-0.25, -0.2) is 0 Å². The summed E-state index contributed by atoms with van der Waals surface area (Å²) in [5.74, 6) is 0. The summed E-state index contributed by atoms with van der Waals surface area (Å²) in [6.07, 6.45) is 1.78. The first kappa shape index (κ1) is 13.5. The second kappa shape index (κ2) is 6.27. The van der Waals surface area contributed by atoms with Crippen molar-refractivity contribution in [1.82, 2.24) is 0 Å². The van der Waals surface area contributed by atoms with E-state index in [-0.39, 0.29) is 12.2 Å². The fourth-order valence-electron chi connectivity index (χ4n) is 1.76. The number of aliphatic hydroxyl groups is 2. The molecule has 0 radical (unpaired) electrons. The van der Waals surface area contributed by atoms with Crippen LogP contribution in [-0.4, -0.2) is 22.8 Å². The van der Waals surface area contributed by atoms with E-state index < -0.39 is 6.10 Å². The Hall–Kier alpha value is -1.52. The van der Waals surface area contributed by atoms with Crippen LogP contribution in [0.2, 0.25) is 0 Å². The molecule has 0 saturated heterocycles. The second-order valence-corrected chi connectivity index (χ2v) is 3.88. The van der Waals surface area contributed by atoms with Crippen molar-refractivity contribution in [1.29, 1.82) is 0 Å². The average molecular weight is 236 g/mol. The van der Waals surface area contributed by atoms with Crippen molar-refractivity contribution in [3.05, 3.63) is 34.4 Å². The summed E-state index contributed by atoms with van der Waals surface area (Å²) in [5.41, 5.74) is 1.47. The quantitative estimate of drug-likeness (QED) is 0.736. The smallest absolute Gasteiger partial charge is 0.150 e. The molecule has 0 amide bonds. The molecule has 1 unspecified atom stereocenters. The lowest BCUT2D eigenvalue weighted by Gasteiger charge is -2.14. The molecular weight excluding hydrogens is 220 g/mol. The van der Waals surface area contributed by atoms with Gasteiger partial charge in [0, 0.05) is 11.1 Å². The Balaban J connectivity index is 3.27. The Morgan fingerprint density at radius 3 is 2.35 bits per heavy atom. The van der Waals surface area contributed by atoms with Crippen LogP contribution in [0.5, 0.6) is 0 Å². The molecule has 0 heterocycles. The van der Waals surface area contributed by atoms with Gasteiger partial charge < -0.3 is 10.2 Å². The van der Waals surface area contributed by atoms with Crippen LogP contribution in [0.1, 0.15) is 57.7 Å². The van der Waals surface area contributed by atoms with Gasteiger partial charge in [-0.1, -0.05) is 13.3 Å². The summed E-state index contributed by atoms with van der Waals surface area (Å²) < 4.78 is 0. The number of hydrogen-bond acceptors (Lipinski definition) is 4. The maximum Gasteiger partial charge on any atom is 0.150 e. The average Bonchev–Trinajstić information content (AvgIpc) is 2.37. The van der Waals surface area contributed by atoms with Gasteiger partial charge in [-0.2, -0.15) is 0 Å². The van der Waals surface area contributed by atoms with Crippen molar-refractivity contribution in [3.8, 4) is 0 Å². The van der Waals surface area contributed by atoms with Crippen LogP contribution in [0, 0.1) is 0 Å². The predicted molar refractivity (Wildman–Crippen MR) is 63.0 cm³/mol. The van der Waals surface area contributed by atoms with E-state index >= 15 is 0 Å². The Morgan fingerprint density at radius 1 is 1.24 bits per heavy atom. The highest BCUT2D eigenvalue weighted by Gasteiger charge is 2.14. The molecule has 1 aromatic carbocycles. The van der Waals surface area contributed by atoms with E-state index in [1.54, 1.807) is 0 Å². The van der Waals surface area contributed by atoms with Crippen molar-refractivity contribution in [2.24, 2.45) is 0 Å². The van der Waals surface area contributed by atoms with Gasteiger partial charge in [-0.15, -0.1) is 0 Å². The van der Waals surface area contributed by atoms with Crippen LogP contribution in [0.3, 0.4) is 0 Å². The van der Waals surface area contributed by atoms with Crippen LogP contribution in [0.15, 0.2) is 12.1 Å². The molecule has 2 N–H and O–H groups in total. The van der Waals surface area contributed by atoms with Crippen molar-refractivity contribution in [3.63, 3.8) is 0 Å². The molecule has 0 saturated carbocycles. The molecule has 92 valence electrons. The number of aldehydes is 2. The third kappa shape index (κ3) is 2.99. The van der Waals surface area contributed by atoms with E-state index in [1.807, 2.05) is 6.92 Å². The number of benzene rings is 1. The molecule has 0 aliphatic carbocycles.